The smallest absolute Gasteiger partial charge is 0.352 e. The number of hydrogen-bond acceptors (Lipinski definition) is 3. The van der Waals surface area contributed by atoms with Crippen LogP contribution < -0.4 is 10.1 Å². The Hall–Kier alpha value is -1.67. The topological polar surface area (TPSA) is 75.6 Å². The Morgan fingerprint density at radius 3 is 2.13 bits per heavy atom. The highest BCUT2D eigenvalue weighted by atomic mass is 127. The van der Waals surface area contributed by atoms with E-state index in [1.165, 1.54) is 6.08 Å². The number of amides is 1. The molecular formula is C23H16I3NO4. The van der Waals surface area contributed by atoms with Crippen LogP contribution in [0.1, 0.15) is 21.5 Å². The van der Waals surface area contributed by atoms with Gasteiger partial charge in [0.25, 0.3) is 5.91 Å². The number of carbonyl (C=O) groups is 2. The van der Waals surface area contributed by atoms with Gasteiger partial charge in [0.15, 0.2) is 0 Å². The molecule has 0 radical (unpaired) electrons. The molecule has 3 aromatic carbocycles. The molecular weight excluding hydrogens is 735 g/mol. The van der Waals surface area contributed by atoms with Gasteiger partial charge in [-0.15, -0.1) is 0 Å². The second kappa shape index (κ2) is 11.3. The summed E-state index contributed by atoms with van der Waals surface area (Å²) in [6.07, 6.45) is 1.44. The second-order valence-electron chi connectivity index (χ2n) is 6.38. The zero-order valence-corrected chi connectivity index (χ0v) is 22.4. The van der Waals surface area contributed by atoms with Crippen molar-refractivity contribution in [2.45, 2.75) is 6.61 Å². The van der Waals surface area contributed by atoms with Crippen molar-refractivity contribution in [3.63, 3.8) is 0 Å². The second-order valence-corrected chi connectivity index (χ2v) is 9.86. The first-order valence-corrected chi connectivity index (χ1v) is 12.3. The van der Waals surface area contributed by atoms with Crippen LogP contribution in [-0.2, 0) is 11.4 Å². The van der Waals surface area contributed by atoms with E-state index < -0.39 is 11.9 Å². The van der Waals surface area contributed by atoms with Gasteiger partial charge in [0, 0.05) is 14.7 Å². The summed E-state index contributed by atoms with van der Waals surface area (Å²) in [5, 5.41) is 12.0. The first kappa shape index (κ1) is 24.0. The fraction of sp³-hybridized carbons (Fsp3) is 0.0435. The standard InChI is InChI=1S/C23H16I3NO4/c24-17-9-5-4-8-16(17)13-31-21-18(25)10-14(11-19(21)26)12-20(23(29)30)27-22(28)15-6-2-1-3-7-15/h1-12H,13H2,(H,27,28)(H,29,30)/b20-12+. The monoisotopic (exact) mass is 751 g/mol. The molecule has 0 saturated carbocycles. The van der Waals surface area contributed by atoms with Gasteiger partial charge in [0.2, 0.25) is 0 Å². The van der Waals surface area contributed by atoms with E-state index in [0.29, 0.717) is 17.7 Å². The molecule has 0 aliphatic carbocycles. The van der Waals surface area contributed by atoms with Crippen LogP contribution in [-0.4, -0.2) is 17.0 Å². The third-order valence-electron chi connectivity index (χ3n) is 4.18. The maximum absolute atomic E-state index is 12.3. The van der Waals surface area contributed by atoms with Crippen molar-refractivity contribution in [2.24, 2.45) is 0 Å². The highest BCUT2D eigenvalue weighted by Crippen LogP contribution is 2.31. The van der Waals surface area contributed by atoms with Crippen LogP contribution >= 0.6 is 67.8 Å². The highest BCUT2D eigenvalue weighted by molar-refractivity contribution is 14.1. The Morgan fingerprint density at radius 2 is 1.52 bits per heavy atom. The molecule has 3 aromatic rings. The summed E-state index contributed by atoms with van der Waals surface area (Å²) in [6.45, 7) is 0.438. The molecule has 0 fully saturated rings. The van der Waals surface area contributed by atoms with Gasteiger partial charge in [-0.3, -0.25) is 4.79 Å². The number of carbonyl (C=O) groups excluding carboxylic acids is 1. The van der Waals surface area contributed by atoms with E-state index in [2.05, 4.69) is 73.1 Å². The van der Waals surface area contributed by atoms with E-state index in [4.69, 9.17) is 4.74 Å². The van der Waals surface area contributed by atoms with Crippen molar-refractivity contribution in [3.05, 3.63) is 99.8 Å². The van der Waals surface area contributed by atoms with Gasteiger partial charge in [-0.05, 0) is 110 Å². The Balaban J connectivity index is 1.81. The Morgan fingerprint density at radius 1 is 0.903 bits per heavy atom. The molecule has 0 saturated heterocycles. The third kappa shape index (κ3) is 6.65. The van der Waals surface area contributed by atoms with Crippen molar-refractivity contribution in [1.82, 2.24) is 5.32 Å². The fourth-order valence-corrected chi connectivity index (χ4v) is 5.34. The first-order chi connectivity index (χ1) is 14.8. The van der Waals surface area contributed by atoms with Crippen LogP contribution in [0.4, 0.5) is 0 Å². The summed E-state index contributed by atoms with van der Waals surface area (Å²) >= 11 is 6.61. The van der Waals surface area contributed by atoms with Crippen molar-refractivity contribution in [3.8, 4) is 5.75 Å². The highest BCUT2D eigenvalue weighted by Gasteiger charge is 2.15. The van der Waals surface area contributed by atoms with Gasteiger partial charge in [-0.1, -0.05) is 36.4 Å². The number of carboxylic acids is 1. The van der Waals surface area contributed by atoms with E-state index in [9.17, 15) is 14.7 Å². The van der Waals surface area contributed by atoms with Crippen molar-refractivity contribution < 1.29 is 19.4 Å². The molecule has 0 spiro atoms. The van der Waals surface area contributed by atoms with Gasteiger partial charge in [0.1, 0.15) is 18.1 Å². The number of nitrogens with one attached hydrogen (secondary N) is 1. The van der Waals surface area contributed by atoms with Gasteiger partial charge in [-0.2, -0.15) is 0 Å². The lowest BCUT2D eigenvalue weighted by atomic mass is 10.1. The van der Waals surface area contributed by atoms with Gasteiger partial charge >= 0.3 is 5.97 Å². The Labute approximate surface area is 220 Å². The minimum atomic E-state index is -1.21. The molecule has 8 heteroatoms. The Kier molecular flexibility index (Phi) is 8.72. The number of halogens is 3. The quantitative estimate of drug-likeness (QED) is 0.232. The van der Waals surface area contributed by atoms with Crippen LogP contribution in [0.3, 0.4) is 0 Å². The van der Waals surface area contributed by atoms with E-state index in [0.717, 1.165) is 22.0 Å². The fourth-order valence-electron chi connectivity index (χ4n) is 2.67. The van der Waals surface area contributed by atoms with Crippen LogP contribution in [0.25, 0.3) is 6.08 Å². The molecule has 31 heavy (non-hydrogen) atoms. The predicted octanol–water partition coefficient (Wildman–Crippen LogP) is 5.93. The van der Waals surface area contributed by atoms with E-state index in [-0.39, 0.29) is 5.70 Å². The van der Waals surface area contributed by atoms with Gasteiger partial charge in [-0.25, -0.2) is 4.79 Å². The van der Waals surface area contributed by atoms with Crippen molar-refractivity contribution >= 4 is 85.7 Å². The predicted molar refractivity (Wildman–Crippen MR) is 145 cm³/mol. The number of rotatable bonds is 7. The summed E-state index contributed by atoms with van der Waals surface area (Å²) in [4.78, 5) is 24.0. The molecule has 5 nitrogen and oxygen atoms in total. The third-order valence-corrected chi connectivity index (χ3v) is 6.83. The first-order valence-electron chi connectivity index (χ1n) is 9.02. The number of ether oxygens (including phenoxy) is 1. The number of aliphatic carboxylic acids is 1. The van der Waals surface area contributed by atoms with Crippen LogP contribution in [0.2, 0.25) is 0 Å². The molecule has 3 rings (SSSR count). The summed E-state index contributed by atoms with van der Waals surface area (Å²) in [5.41, 5.74) is 1.93. The summed E-state index contributed by atoms with van der Waals surface area (Å²) in [6, 6.07) is 20.1. The van der Waals surface area contributed by atoms with Gasteiger partial charge in [0.05, 0.1) is 7.14 Å². The maximum atomic E-state index is 12.3. The molecule has 0 aliphatic heterocycles. The largest absolute Gasteiger partial charge is 0.487 e. The molecule has 158 valence electrons. The summed E-state index contributed by atoms with van der Waals surface area (Å²) in [5.74, 6) is -0.951. The zero-order chi connectivity index (χ0) is 22.4. The molecule has 0 heterocycles. The molecule has 0 unspecified atom stereocenters. The molecule has 0 aromatic heterocycles. The lowest BCUT2D eigenvalue weighted by Crippen LogP contribution is -2.27. The number of hydrogen-bond donors (Lipinski definition) is 2. The van der Waals surface area contributed by atoms with Crippen LogP contribution in [0.15, 0.2) is 72.4 Å². The molecule has 2 N–H and O–H groups in total. The summed E-state index contributed by atoms with van der Waals surface area (Å²) in [7, 11) is 0. The Bertz CT molecular complexity index is 1120. The minimum Gasteiger partial charge on any atom is -0.487 e. The molecule has 0 bridgehead atoms. The number of carboxylic acid groups (broad SMARTS) is 1. The minimum absolute atomic E-state index is 0.201. The van der Waals surface area contributed by atoms with Crippen molar-refractivity contribution in [2.75, 3.05) is 0 Å². The number of benzene rings is 3. The summed E-state index contributed by atoms with van der Waals surface area (Å²) < 4.78 is 8.86. The average molecular weight is 751 g/mol. The normalized spacial score (nSPS) is 11.1. The van der Waals surface area contributed by atoms with Gasteiger partial charge < -0.3 is 15.2 Å². The van der Waals surface area contributed by atoms with Crippen LogP contribution in [0.5, 0.6) is 5.75 Å². The van der Waals surface area contributed by atoms with E-state index in [1.807, 2.05) is 36.4 Å². The maximum Gasteiger partial charge on any atom is 0.352 e. The van der Waals surface area contributed by atoms with E-state index in [1.54, 1.807) is 30.3 Å². The average Bonchev–Trinajstić information content (AvgIpc) is 2.74. The molecule has 1 amide bonds. The SMILES string of the molecule is O=C(O)/C(=C\c1cc(I)c(OCc2ccccc2I)c(I)c1)NC(=O)c1ccccc1. The lowest BCUT2D eigenvalue weighted by molar-refractivity contribution is -0.132. The lowest BCUT2D eigenvalue weighted by Gasteiger charge is -2.13. The zero-order valence-electron chi connectivity index (χ0n) is 15.9. The van der Waals surface area contributed by atoms with Crippen LogP contribution in [0, 0.1) is 10.7 Å². The van der Waals surface area contributed by atoms with Crippen molar-refractivity contribution in [1.29, 1.82) is 0 Å². The molecule has 0 aliphatic rings. The molecule has 0 atom stereocenters. The van der Waals surface area contributed by atoms with E-state index >= 15 is 0 Å².